The molecule has 16 heavy (non-hydrogen) atoms. The standard InChI is InChI=1S/C15H27N/c1-2-7-11-15(10-6-1)16-13-12-14-8-4-3-5-9-14/h8,15-16H,1-7,9-13H2. The summed E-state index contributed by atoms with van der Waals surface area (Å²) in [5.74, 6) is 0. The van der Waals surface area contributed by atoms with Crippen molar-refractivity contribution < 1.29 is 0 Å². The number of hydrogen-bond donors (Lipinski definition) is 1. The minimum atomic E-state index is 0.826. The monoisotopic (exact) mass is 221 g/mol. The van der Waals surface area contributed by atoms with E-state index in [0.29, 0.717) is 0 Å². The summed E-state index contributed by atoms with van der Waals surface area (Å²) in [6, 6.07) is 0.826. The Labute approximate surface area is 101 Å². The summed E-state index contributed by atoms with van der Waals surface area (Å²) in [5.41, 5.74) is 1.72. The highest BCUT2D eigenvalue weighted by molar-refractivity contribution is 5.05. The second-order valence-corrected chi connectivity index (χ2v) is 5.50. The first-order valence-corrected chi connectivity index (χ1v) is 7.36. The van der Waals surface area contributed by atoms with E-state index in [0.717, 1.165) is 6.04 Å². The van der Waals surface area contributed by atoms with Gasteiger partial charge in [0.05, 0.1) is 0 Å². The van der Waals surface area contributed by atoms with E-state index in [4.69, 9.17) is 0 Å². The average molecular weight is 221 g/mol. The van der Waals surface area contributed by atoms with Gasteiger partial charge in [0.15, 0.2) is 0 Å². The summed E-state index contributed by atoms with van der Waals surface area (Å²) in [6.45, 7) is 1.22. The first-order chi connectivity index (χ1) is 7.95. The molecule has 1 nitrogen and oxygen atoms in total. The molecule has 0 amide bonds. The van der Waals surface area contributed by atoms with Crippen molar-refractivity contribution in [2.24, 2.45) is 0 Å². The van der Waals surface area contributed by atoms with E-state index in [9.17, 15) is 0 Å². The van der Waals surface area contributed by atoms with E-state index in [1.807, 2.05) is 0 Å². The lowest BCUT2D eigenvalue weighted by molar-refractivity contribution is 0.460. The minimum absolute atomic E-state index is 0.826. The highest BCUT2D eigenvalue weighted by Gasteiger charge is 2.11. The molecule has 92 valence electrons. The smallest absolute Gasteiger partial charge is 0.00671 e. The molecular formula is C15H27N. The zero-order valence-electron chi connectivity index (χ0n) is 10.6. The number of allylic oxidation sites excluding steroid dienone is 1. The topological polar surface area (TPSA) is 12.0 Å². The number of rotatable bonds is 4. The third-order valence-electron chi connectivity index (χ3n) is 4.12. The normalized spacial score (nSPS) is 23.9. The van der Waals surface area contributed by atoms with Gasteiger partial charge in [-0.3, -0.25) is 0 Å². The Balaban J connectivity index is 1.61. The van der Waals surface area contributed by atoms with Crippen LogP contribution < -0.4 is 5.32 Å². The third-order valence-corrected chi connectivity index (χ3v) is 4.12. The fourth-order valence-corrected chi connectivity index (χ4v) is 3.05. The summed E-state index contributed by atoms with van der Waals surface area (Å²) in [5, 5.41) is 3.77. The molecule has 0 radical (unpaired) electrons. The second kappa shape index (κ2) is 7.11. The lowest BCUT2D eigenvalue weighted by Crippen LogP contribution is -2.29. The van der Waals surface area contributed by atoms with Crippen LogP contribution in [0.1, 0.15) is 70.6 Å². The van der Waals surface area contributed by atoms with Crippen LogP contribution in [0.25, 0.3) is 0 Å². The van der Waals surface area contributed by atoms with Crippen LogP contribution in [0, 0.1) is 0 Å². The fourth-order valence-electron chi connectivity index (χ4n) is 3.05. The van der Waals surface area contributed by atoms with Crippen molar-refractivity contribution in [3.05, 3.63) is 11.6 Å². The van der Waals surface area contributed by atoms with Crippen LogP contribution >= 0.6 is 0 Å². The van der Waals surface area contributed by atoms with Crippen molar-refractivity contribution in [1.29, 1.82) is 0 Å². The number of hydrogen-bond acceptors (Lipinski definition) is 1. The van der Waals surface area contributed by atoms with Gasteiger partial charge in [0.1, 0.15) is 0 Å². The summed E-state index contributed by atoms with van der Waals surface area (Å²) >= 11 is 0. The van der Waals surface area contributed by atoms with E-state index in [2.05, 4.69) is 11.4 Å². The molecule has 1 N–H and O–H groups in total. The van der Waals surface area contributed by atoms with E-state index in [-0.39, 0.29) is 0 Å². The van der Waals surface area contributed by atoms with Crippen LogP contribution in [0.3, 0.4) is 0 Å². The predicted molar refractivity (Wildman–Crippen MR) is 70.7 cm³/mol. The Morgan fingerprint density at radius 2 is 1.81 bits per heavy atom. The maximum absolute atomic E-state index is 3.77. The molecule has 1 fully saturated rings. The van der Waals surface area contributed by atoms with Crippen molar-refractivity contribution in [3.63, 3.8) is 0 Å². The Morgan fingerprint density at radius 1 is 1.00 bits per heavy atom. The van der Waals surface area contributed by atoms with Gasteiger partial charge < -0.3 is 5.32 Å². The molecule has 2 rings (SSSR count). The van der Waals surface area contributed by atoms with Gasteiger partial charge in [-0.1, -0.05) is 37.3 Å². The van der Waals surface area contributed by atoms with Crippen LogP contribution in [-0.4, -0.2) is 12.6 Å². The molecule has 0 aromatic carbocycles. The summed E-state index contributed by atoms with van der Waals surface area (Å²) in [7, 11) is 0. The first-order valence-electron chi connectivity index (χ1n) is 7.36. The molecule has 0 aromatic rings. The Hall–Kier alpha value is -0.300. The Kier molecular flexibility index (Phi) is 5.41. The van der Waals surface area contributed by atoms with E-state index in [1.54, 1.807) is 5.57 Å². The van der Waals surface area contributed by atoms with Gasteiger partial charge in [-0.15, -0.1) is 0 Å². The maximum atomic E-state index is 3.77. The summed E-state index contributed by atoms with van der Waals surface area (Å²) < 4.78 is 0. The molecule has 0 aliphatic heterocycles. The first kappa shape index (κ1) is 12.2. The van der Waals surface area contributed by atoms with Crippen molar-refractivity contribution in [3.8, 4) is 0 Å². The van der Waals surface area contributed by atoms with Crippen LogP contribution in [0.4, 0.5) is 0 Å². The molecule has 2 aliphatic rings. The van der Waals surface area contributed by atoms with Gasteiger partial charge in [-0.05, 0) is 51.5 Å². The average Bonchev–Trinajstić information content (AvgIpc) is 2.59. The molecule has 2 aliphatic carbocycles. The fraction of sp³-hybridized carbons (Fsp3) is 0.867. The molecule has 0 atom stereocenters. The third kappa shape index (κ3) is 4.29. The van der Waals surface area contributed by atoms with Gasteiger partial charge in [0.2, 0.25) is 0 Å². The minimum Gasteiger partial charge on any atom is -0.314 e. The van der Waals surface area contributed by atoms with E-state index < -0.39 is 0 Å². The van der Waals surface area contributed by atoms with Crippen LogP contribution in [-0.2, 0) is 0 Å². The van der Waals surface area contributed by atoms with Crippen LogP contribution in [0.2, 0.25) is 0 Å². The molecule has 0 heterocycles. The predicted octanol–water partition coefficient (Wildman–Crippen LogP) is 4.19. The summed E-state index contributed by atoms with van der Waals surface area (Å²) in [6.07, 6.45) is 18.0. The lowest BCUT2D eigenvalue weighted by atomic mass is 9.97. The zero-order chi connectivity index (χ0) is 11.1. The van der Waals surface area contributed by atoms with Gasteiger partial charge in [-0.25, -0.2) is 0 Å². The van der Waals surface area contributed by atoms with Gasteiger partial charge in [-0.2, -0.15) is 0 Å². The molecule has 1 saturated carbocycles. The van der Waals surface area contributed by atoms with Crippen molar-refractivity contribution >= 4 is 0 Å². The maximum Gasteiger partial charge on any atom is 0.00671 e. The number of nitrogens with one attached hydrogen (secondary N) is 1. The molecule has 0 aromatic heterocycles. The van der Waals surface area contributed by atoms with Crippen LogP contribution in [0.5, 0.6) is 0 Å². The van der Waals surface area contributed by atoms with Gasteiger partial charge in [0, 0.05) is 6.04 Å². The SMILES string of the molecule is C1=C(CCNC2CCCCCC2)CCCC1. The molecule has 1 heteroatoms. The molecule has 0 saturated heterocycles. The molecule has 0 spiro atoms. The highest BCUT2D eigenvalue weighted by Crippen LogP contribution is 2.20. The Bertz CT molecular complexity index is 211. The van der Waals surface area contributed by atoms with E-state index in [1.165, 1.54) is 77.2 Å². The van der Waals surface area contributed by atoms with Crippen molar-refractivity contribution in [1.82, 2.24) is 5.32 Å². The zero-order valence-corrected chi connectivity index (χ0v) is 10.6. The Morgan fingerprint density at radius 3 is 2.50 bits per heavy atom. The lowest BCUT2D eigenvalue weighted by Gasteiger charge is -2.18. The highest BCUT2D eigenvalue weighted by atomic mass is 14.9. The van der Waals surface area contributed by atoms with Gasteiger partial charge in [0.25, 0.3) is 0 Å². The molecule has 0 unspecified atom stereocenters. The van der Waals surface area contributed by atoms with Crippen molar-refractivity contribution in [2.75, 3.05) is 6.54 Å². The van der Waals surface area contributed by atoms with E-state index >= 15 is 0 Å². The largest absolute Gasteiger partial charge is 0.314 e. The molecular weight excluding hydrogens is 194 g/mol. The quantitative estimate of drug-likeness (QED) is 0.554. The van der Waals surface area contributed by atoms with Crippen LogP contribution in [0.15, 0.2) is 11.6 Å². The summed E-state index contributed by atoms with van der Waals surface area (Å²) in [4.78, 5) is 0. The van der Waals surface area contributed by atoms with Gasteiger partial charge >= 0.3 is 0 Å². The molecule has 0 bridgehead atoms. The van der Waals surface area contributed by atoms with Crippen molar-refractivity contribution in [2.45, 2.75) is 76.7 Å². The second-order valence-electron chi connectivity index (χ2n) is 5.50.